The van der Waals surface area contributed by atoms with E-state index in [2.05, 4.69) is 36.9 Å². The number of fused-ring (bicyclic) bond motifs is 1. The Morgan fingerprint density at radius 3 is 2.47 bits per heavy atom. The number of rotatable bonds is 5. The standard InChI is InChI=1S/C24H20Br2N2O5S/c1-4-33-23(31)19-12(2)27-24-28(20(19)14-5-7-15(32-3)8-6-14)22(30)18(34-24)11-13-9-16(25)21(29)17(26)10-13/h5-11,20,29H,4H2,1-3H3/b18-11+/t20-/m0/s1. The van der Waals surface area contributed by atoms with Crippen molar-refractivity contribution in [2.75, 3.05) is 13.7 Å². The summed E-state index contributed by atoms with van der Waals surface area (Å²) in [5.41, 5.74) is 1.99. The number of allylic oxidation sites excluding steroid dienone is 1. The molecule has 1 N–H and O–H groups in total. The van der Waals surface area contributed by atoms with Crippen molar-refractivity contribution in [2.24, 2.45) is 4.99 Å². The minimum Gasteiger partial charge on any atom is -0.506 e. The largest absolute Gasteiger partial charge is 0.506 e. The van der Waals surface area contributed by atoms with Crippen LogP contribution in [-0.2, 0) is 9.53 Å². The molecule has 1 aliphatic rings. The summed E-state index contributed by atoms with van der Waals surface area (Å²) < 4.78 is 13.5. The van der Waals surface area contributed by atoms with Crippen molar-refractivity contribution in [3.63, 3.8) is 0 Å². The highest BCUT2D eigenvalue weighted by atomic mass is 79.9. The normalized spacial score (nSPS) is 15.7. The molecule has 0 aliphatic carbocycles. The van der Waals surface area contributed by atoms with Crippen molar-refractivity contribution in [1.82, 2.24) is 4.57 Å². The van der Waals surface area contributed by atoms with E-state index in [4.69, 9.17) is 9.47 Å². The number of nitrogens with zero attached hydrogens (tertiary/aromatic N) is 2. The topological polar surface area (TPSA) is 90.1 Å². The summed E-state index contributed by atoms with van der Waals surface area (Å²) in [6.45, 7) is 3.69. The van der Waals surface area contributed by atoms with E-state index in [1.54, 1.807) is 51.3 Å². The van der Waals surface area contributed by atoms with Gasteiger partial charge in [-0.3, -0.25) is 9.36 Å². The molecule has 0 fully saturated rings. The smallest absolute Gasteiger partial charge is 0.338 e. The van der Waals surface area contributed by atoms with Gasteiger partial charge >= 0.3 is 5.97 Å². The van der Waals surface area contributed by atoms with Gasteiger partial charge in [0.15, 0.2) is 4.80 Å². The second-order valence-electron chi connectivity index (χ2n) is 7.41. The van der Waals surface area contributed by atoms with Gasteiger partial charge in [-0.2, -0.15) is 0 Å². The van der Waals surface area contributed by atoms with Crippen molar-refractivity contribution in [1.29, 1.82) is 0 Å². The fourth-order valence-corrected chi connectivity index (χ4v) is 5.98. The minimum atomic E-state index is -0.693. The molecule has 1 aliphatic heterocycles. The Balaban J connectivity index is 1.95. The van der Waals surface area contributed by atoms with Gasteiger partial charge in [-0.05, 0) is 87.2 Å². The van der Waals surface area contributed by atoms with Crippen LogP contribution in [0.5, 0.6) is 11.5 Å². The highest BCUT2D eigenvalue weighted by Gasteiger charge is 2.33. The molecule has 2 heterocycles. The number of aromatic hydroxyl groups is 1. The number of carbonyl (C=O) groups is 1. The summed E-state index contributed by atoms with van der Waals surface area (Å²) in [5, 5.41) is 9.99. The zero-order chi connectivity index (χ0) is 24.6. The fraction of sp³-hybridized carbons (Fsp3) is 0.208. The molecule has 0 spiro atoms. The van der Waals surface area contributed by atoms with Crippen LogP contribution in [0.15, 0.2) is 66.4 Å². The van der Waals surface area contributed by atoms with Crippen molar-refractivity contribution < 1.29 is 19.4 Å². The van der Waals surface area contributed by atoms with Crippen LogP contribution in [0.3, 0.4) is 0 Å². The first-order valence-corrected chi connectivity index (χ1v) is 12.7. The third-order valence-electron chi connectivity index (χ3n) is 5.29. The fourth-order valence-electron chi connectivity index (χ4n) is 3.71. The van der Waals surface area contributed by atoms with Crippen LogP contribution in [0.25, 0.3) is 6.08 Å². The number of phenolic OH excluding ortho intramolecular Hbond substituents is 1. The summed E-state index contributed by atoms with van der Waals surface area (Å²) in [5.74, 6) is 0.232. The first-order valence-electron chi connectivity index (χ1n) is 10.3. The number of phenols is 1. The van der Waals surface area contributed by atoms with Gasteiger partial charge < -0.3 is 14.6 Å². The van der Waals surface area contributed by atoms with Crippen LogP contribution < -0.4 is 19.6 Å². The average Bonchev–Trinajstić information content (AvgIpc) is 3.11. The number of hydrogen-bond acceptors (Lipinski definition) is 7. The molecule has 0 amide bonds. The number of aromatic nitrogens is 1. The summed E-state index contributed by atoms with van der Waals surface area (Å²) >= 11 is 7.87. The first-order chi connectivity index (χ1) is 16.2. The molecule has 0 saturated heterocycles. The van der Waals surface area contributed by atoms with E-state index < -0.39 is 12.0 Å². The maximum atomic E-state index is 13.6. The van der Waals surface area contributed by atoms with Crippen molar-refractivity contribution in [3.05, 3.63) is 87.4 Å². The van der Waals surface area contributed by atoms with Gasteiger partial charge in [-0.1, -0.05) is 23.5 Å². The van der Waals surface area contributed by atoms with E-state index in [1.165, 1.54) is 15.9 Å². The lowest BCUT2D eigenvalue weighted by atomic mass is 9.96. The summed E-state index contributed by atoms with van der Waals surface area (Å²) in [4.78, 5) is 31.6. The van der Waals surface area contributed by atoms with E-state index in [0.29, 0.717) is 40.9 Å². The van der Waals surface area contributed by atoms with Gasteiger partial charge in [0.2, 0.25) is 0 Å². The van der Waals surface area contributed by atoms with Crippen LogP contribution in [0, 0.1) is 0 Å². The minimum absolute atomic E-state index is 0.0767. The number of methoxy groups -OCH3 is 1. The summed E-state index contributed by atoms with van der Waals surface area (Å²) in [7, 11) is 1.58. The maximum absolute atomic E-state index is 13.6. The average molecular weight is 608 g/mol. The maximum Gasteiger partial charge on any atom is 0.338 e. The third kappa shape index (κ3) is 4.49. The number of halogens is 2. The lowest BCUT2D eigenvalue weighted by Gasteiger charge is -2.24. The van der Waals surface area contributed by atoms with Gasteiger partial charge in [0.05, 0.1) is 44.5 Å². The Morgan fingerprint density at radius 1 is 1.24 bits per heavy atom. The van der Waals surface area contributed by atoms with Crippen LogP contribution in [0.4, 0.5) is 0 Å². The molecule has 0 radical (unpaired) electrons. The number of ether oxygens (including phenoxy) is 2. The SMILES string of the molecule is CCOC(=O)C1=C(C)N=c2s/c(=C/c3cc(Br)c(O)c(Br)c3)c(=O)n2[C@H]1c1ccc(OC)cc1. The zero-order valence-electron chi connectivity index (χ0n) is 18.5. The lowest BCUT2D eigenvalue weighted by molar-refractivity contribution is -0.139. The van der Waals surface area contributed by atoms with E-state index in [0.717, 1.165) is 5.56 Å². The molecular formula is C24H20Br2N2O5S. The van der Waals surface area contributed by atoms with Crippen LogP contribution in [0.1, 0.15) is 31.0 Å². The van der Waals surface area contributed by atoms with E-state index in [9.17, 15) is 14.7 Å². The molecule has 1 atom stereocenters. The summed E-state index contributed by atoms with van der Waals surface area (Å²) in [6, 6.07) is 9.97. The monoisotopic (exact) mass is 606 g/mol. The number of thiazole rings is 1. The molecule has 1 aromatic heterocycles. The van der Waals surface area contributed by atoms with E-state index in [-0.39, 0.29) is 17.9 Å². The van der Waals surface area contributed by atoms with Crippen molar-refractivity contribution >= 4 is 55.2 Å². The lowest BCUT2D eigenvalue weighted by Crippen LogP contribution is -2.39. The molecule has 0 saturated carbocycles. The molecule has 0 bridgehead atoms. The van der Waals surface area contributed by atoms with Gasteiger partial charge in [0.1, 0.15) is 11.5 Å². The Kier molecular flexibility index (Phi) is 7.11. The molecule has 7 nitrogen and oxygen atoms in total. The molecule has 3 aromatic rings. The van der Waals surface area contributed by atoms with Gasteiger partial charge in [0, 0.05) is 0 Å². The predicted octanol–water partition coefficient (Wildman–Crippen LogP) is 4.04. The number of benzene rings is 2. The molecule has 4 rings (SSSR count). The molecule has 10 heteroatoms. The second-order valence-corrected chi connectivity index (χ2v) is 10.1. The van der Waals surface area contributed by atoms with E-state index in [1.807, 2.05) is 12.1 Å². The highest BCUT2D eigenvalue weighted by Crippen LogP contribution is 2.34. The van der Waals surface area contributed by atoms with Gasteiger partial charge in [-0.25, -0.2) is 9.79 Å². The van der Waals surface area contributed by atoms with Crippen LogP contribution in [0.2, 0.25) is 0 Å². The van der Waals surface area contributed by atoms with Crippen molar-refractivity contribution in [2.45, 2.75) is 19.9 Å². The summed E-state index contributed by atoms with van der Waals surface area (Å²) in [6.07, 6.45) is 1.73. The Bertz CT molecular complexity index is 1470. The Hall–Kier alpha value is -2.69. The quantitative estimate of drug-likeness (QED) is 0.442. The van der Waals surface area contributed by atoms with Crippen LogP contribution in [-0.4, -0.2) is 29.4 Å². The zero-order valence-corrected chi connectivity index (χ0v) is 22.5. The third-order valence-corrected chi connectivity index (χ3v) is 7.48. The Morgan fingerprint density at radius 2 is 1.88 bits per heavy atom. The number of hydrogen-bond donors (Lipinski definition) is 1. The highest BCUT2D eigenvalue weighted by molar-refractivity contribution is 9.11. The molecule has 34 heavy (non-hydrogen) atoms. The molecule has 176 valence electrons. The van der Waals surface area contributed by atoms with Crippen LogP contribution >= 0.6 is 43.2 Å². The number of carbonyl (C=O) groups excluding carboxylic acids is 1. The molecule has 2 aromatic carbocycles. The van der Waals surface area contributed by atoms with E-state index >= 15 is 0 Å². The first kappa shape index (κ1) is 24.4. The number of esters is 1. The second kappa shape index (κ2) is 9.89. The van der Waals surface area contributed by atoms with Gasteiger partial charge in [0.25, 0.3) is 5.56 Å². The predicted molar refractivity (Wildman–Crippen MR) is 137 cm³/mol. The molecule has 0 unspecified atom stereocenters. The molecular weight excluding hydrogens is 588 g/mol. The van der Waals surface area contributed by atoms with Gasteiger partial charge in [-0.15, -0.1) is 0 Å². The van der Waals surface area contributed by atoms with Crippen molar-refractivity contribution in [3.8, 4) is 11.5 Å². The Labute approximate surface area is 215 Å².